The van der Waals surface area contributed by atoms with Crippen molar-refractivity contribution in [1.29, 1.82) is 5.26 Å². The van der Waals surface area contributed by atoms with Gasteiger partial charge in [-0.15, -0.1) is 0 Å². The van der Waals surface area contributed by atoms with E-state index < -0.39 is 28.4 Å². The highest BCUT2D eigenvalue weighted by Crippen LogP contribution is 2.28. The maximum Gasteiger partial charge on any atom is 0.220 e. The molecule has 3 aromatic rings. The summed E-state index contributed by atoms with van der Waals surface area (Å²) in [5, 5.41) is 9.10. The second-order valence-corrected chi connectivity index (χ2v) is 7.18. The zero-order valence-corrected chi connectivity index (χ0v) is 15.3. The smallest absolute Gasteiger partial charge is 0.220 e. The molecule has 0 radical (unpaired) electrons. The highest BCUT2D eigenvalue weighted by Gasteiger charge is 2.24. The third kappa shape index (κ3) is 3.32. The fourth-order valence-electron chi connectivity index (χ4n) is 2.69. The summed E-state index contributed by atoms with van der Waals surface area (Å²) in [6, 6.07) is 11.4. The first-order chi connectivity index (χ1) is 12.9. The molecule has 0 amide bonds. The molecule has 0 bridgehead atoms. The predicted molar refractivity (Wildman–Crippen MR) is 98.5 cm³/mol. The van der Waals surface area contributed by atoms with E-state index in [2.05, 4.69) is 0 Å². The number of nitrogens with zero attached hydrogens (tertiary/aromatic N) is 2. The Morgan fingerprint density at radius 1 is 1.19 bits per heavy atom. The number of hydrogen-bond donors (Lipinski definition) is 0. The fourth-order valence-corrected chi connectivity index (χ4v) is 3.91. The first kappa shape index (κ1) is 18.7. The Morgan fingerprint density at radius 2 is 1.85 bits per heavy atom. The maximum atomic E-state index is 14.2. The maximum absolute atomic E-state index is 14.2. The summed E-state index contributed by atoms with van der Waals surface area (Å²) in [6.07, 6.45) is 1.32. The number of aryl methyl sites for hydroxylation is 1. The molecular formula is C20H14F2N2O2S. The second kappa shape index (κ2) is 7.25. The van der Waals surface area contributed by atoms with Crippen molar-refractivity contribution in [2.24, 2.45) is 0 Å². The van der Waals surface area contributed by atoms with Crippen molar-refractivity contribution in [3.05, 3.63) is 77.0 Å². The van der Waals surface area contributed by atoms with E-state index in [0.717, 1.165) is 15.6 Å². The normalized spacial score (nSPS) is 12.8. The van der Waals surface area contributed by atoms with E-state index in [-0.39, 0.29) is 22.2 Å². The molecule has 27 heavy (non-hydrogen) atoms. The Bertz CT molecular complexity index is 1160. The molecule has 0 saturated heterocycles. The largest absolute Gasteiger partial charge is 0.286 e. The summed E-state index contributed by atoms with van der Waals surface area (Å²) in [4.78, 5) is 13.1. The molecule has 0 aliphatic rings. The number of benzene rings is 2. The van der Waals surface area contributed by atoms with E-state index in [1.807, 2.05) is 6.92 Å². The third-order valence-corrected chi connectivity index (χ3v) is 5.47. The summed E-state index contributed by atoms with van der Waals surface area (Å²) in [5.74, 6) is -2.44. The Hall–Kier alpha value is -3.11. The molecule has 0 N–H and O–H groups in total. The van der Waals surface area contributed by atoms with Crippen LogP contribution < -0.4 is 0 Å². The predicted octanol–water partition coefficient (Wildman–Crippen LogP) is 4.45. The molecule has 0 spiro atoms. The number of fused-ring (bicyclic) bond motifs is 1. The lowest BCUT2D eigenvalue weighted by molar-refractivity contribution is 0.103. The van der Waals surface area contributed by atoms with Crippen LogP contribution in [0.5, 0.6) is 0 Å². The Labute approximate surface area is 156 Å². The van der Waals surface area contributed by atoms with Gasteiger partial charge < -0.3 is 0 Å². The number of nitriles is 1. The lowest BCUT2D eigenvalue weighted by atomic mass is 10.1. The molecule has 0 fully saturated rings. The summed E-state index contributed by atoms with van der Waals surface area (Å²) in [5.41, 5.74) is 0.592. The van der Waals surface area contributed by atoms with E-state index in [1.165, 1.54) is 19.1 Å². The van der Waals surface area contributed by atoms with Gasteiger partial charge >= 0.3 is 0 Å². The molecule has 2 aromatic carbocycles. The lowest BCUT2D eigenvalue weighted by Crippen LogP contribution is -2.14. The van der Waals surface area contributed by atoms with Crippen LogP contribution in [0, 0.1) is 29.9 Å². The van der Waals surface area contributed by atoms with Gasteiger partial charge in [-0.25, -0.2) is 13.0 Å². The van der Waals surface area contributed by atoms with Crippen LogP contribution in [0.3, 0.4) is 0 Å². The molecule has 1 unspecified atom stereocenters. The number of Topliss-reactive ketones (excluding diaryl/α,β-unsaturated/α-hetero) is 1. The number of carbonyl (C=O) groups is 1. The van der Waals surface area contributed by atoms with Crippen molar-refractivity contribution in [3.63, 3.8) is 0 Å². The van der Waals surface area contributed by atoms with Gasteiger partial charge in [0.1, 0.15) is 23.4 Å². The highest BCUT2D eigenvalue weighted by atomic mass is 32.2. The Kier molecular flexibility index (Phi) is 5.02. The van der Waals surface area contributed by atoms with Crippen molar-refractivity contribution >= 4 is 27.7 Å². The van der Waals surface area contributed by atoms with Crippen LogP contribution in [-0.4, -0.2) is 14.0 Å². The van der Waals surface area contributed by atoms with Crippen molar-refractivity contribution in [1.82, 2.24) is 3.97 Å². The molecule has 1 aromatic heterocycles. The van der Waals surface area contributed by atoms with Crippen LogP contribution in [0.15, 0.2) is 59.0 Å². The zero-order valence-electron chi connectivity index (χ0n) is 14.5. The molecule has 0 aliphatic carbocycles. The number of rotatable bonds is 4. The fraction of sp³-hybridized carbons (Fsp3) is 0.100. The Balaban J connectivity index is 2.32. The standard InChI is InChI=1S/C20H14F2N2O2S/c1-3-13(11-23)20(25)19-10-16-17(22)8-14(21)9-18(16)24(19)27(26)15-6-4-12(2)5-7-15/h3-10H,1-2H3/b13-3+. The minimum atomic E-state index is -1.94. The highest BCUT2D eigenvalue weighted by molar-refractivity contribution is 7.83. The summed E-state index contributed by atoms with van der Waals surface area (Å²) in [6.45, 7) is 3.38. The number of halogens is 2. The number of ketones is 1. The van der Waals surface area contributed by atoms with Crippen molar-refractivity contribution in [2.45, 2.75) is 18.7 Å². The van der Waals surface area contributed by atoms with Gasteiger partial charge in [-0.05, 0) is 38.1 Å². The van der Waals surface area contributed by atoms with Crippen molar-refractivity contribution in [2.75, 3.05) is 0 Å². The topological polar surface area (TPSA) is 62.9 Å². The zero-order chi connectivity index (χ0) is 19.7. The van der Waals surface area contributed by atoms with Crippen LogP contribution >= 0.6 is 0 Å². The van der Waals surface area contributed by atoms with Crippen LogP contribution in [0.1, 0.15) is 23.0 Å². The quantitative estimate of drug-likeness (QED) is 0.379. The molecule has 0 saturated carbocycles. The molecule has 3 rings (SSSR count). The van der Waals surface area contributed by atoms with Gasteiger partial charge in [0, 0.05) is 11.5 Å². The van der Waals surface area contributed by atoms with Crippen LogP contribution in [0.4, 0.5) is 8.78 Å². The first-order valence-corrected chi connectivity index (χ1v) is 9.08. The molecule has 1 atom stereocenters. The van der Waals surface area contributed by atoms with E-state index in [9.17, 15) is 17.8 Å². The van der Waals surface area contributed by atoms with E-state index >= 15 is 0 Å². The Morgan fingerprint density at radius 3 is 2.44 bits per heavy atom. The monoisotopic (exact) mass is 384 g/mol. The van der Waals surface area contributed by atoms with Gasteiger partial charge in [0.25, 0.3) is 0 Å². The van der Waals surface area contributed by atoms with Gasteiger partial charge in [0.05, 0.1) is 16.0 Å². The first-order valence-electron chi connectivity index (χ1n) is 7.98. The van der Waals surface area contributed by atoms with E-state index in [0.29, 0.717) is 11.0 Å². The number of aromatic nitrogens is 1. The summed E-state index contributed by atoms with van der Waals surface area (Å²) < 4.78 is 42.3. The molecule has 1 heterocycles. The average Bonchev–Trinajstić information content (AvgIpc) is 3.02. The molecule has 7 heteroatoms. The summed E-state index contributed by atoms with van der Waals surface area (Å²) >= 11 is 0. The second-order valence-electron chi connectivity index (χ2n) is 5.85. The van der Waals surface area contributed by atoms with Crippen molar-refractivity contribution in [3.8, 4) is 6.07 Å². The lowest BCUT2D eigenvalue weighted by Gasteiger charge is -2.10. The minimum Gasteiger partial charge on any atom is -0.286 e. The van der Waals surface area contributed by atoms with Gasteiger partial charge in [0.15, 0.2) is 11.0 Å². The van der Waals surface area contributed by atoms with Gasteiger partial charge in [-0.2, -0.15) is 5.26 Å². The number of carbonyl (C=O) groups excluding carboxylic acids is 1. The minimum absolute atomic E-state index is 0.0249. The van der Waals surface area contributed by atoms with Gasteiger partial charge in [-0.1, -0.05) is 23.8 Å². The van der Waals surface area contributed by atoms with Crippen LogP contribution in [0.25, 0.3) is 10.9 Å². The third-order valence-electron chi connectivity index (χ3n) is 4.07. The van der Waals surface area contributed by atoms with E-state index in [4.69, 9.17) is 5.26 Å². The number of allylic oxidation sites excluding steroid dienone is 2. The van der Waals surface area contributed by atoms with E-state index in [1.54, 1.807) is 30.3 Å². The average molecular weight is 384 g/mol. The molecular weight excluding hydrogens is 370 g/mol. The van der Waals surface area contributed by atoms with Crippen LogP contribution in [-0.2, 0) is 11.0 Å². The molecule has 136 valence electrons. The number of hydrogen-bond acceptors (Lipinski definition) is 3. The SMILES string of the molecule is C/C=C(\C#N)C(=O)c1cc2c(F)cc(F)cc2n1S(=O)c1ccc(C)cc1. The van der Waals surface area contributed by atoms with Crippen molar-refractivity contribution < 1.29 is 17.8 Å². The summed E-state index contributed by atoms with van der Waals surface area (Å²) in [7, 11) is -1.94. The van der Waals surface area contributed by atoms with Gasteiger partial charge in [-0.3, -0.25) is 8.77 Å². The van der Waals surface area contributed by atoms with Gasteiger partial charge in [0.2, 0.25) is 5.78 Å². The molecule has 0 aliphatic heterocycles. The van der Waals surface area contributed by atoms with Crippen LogP contribution in [0.2, 0.25) is 0 Å². The molecule has 4 nitrogen and oxygen atoms in total.